The Labute approximate surface area is 95.0 Å². The number of aromatic carboxylic acids is 1. The van der Waals surface area contributed by atoms with E-state index in [-0.39, 0.29) is 11.4 Å². The van der Waals surface area contributed by atoms with E-state index in [1.807, 2.05) is 0 Å². The van der Waals surface area contributed by atoms with Gasteiger partial charge in [-0.2, -0.15) is 13.2 Å². The molecule has 0 aliphatic rings. The first-order valence-electron chi connectivity index (χ1n) is 4.75. The summed E-state index contributed by atoms with van der Waals surface area (Å²) >= 11 is 0. The number of carboxylic acids is 1. The smallest absolute Gasteiger partial charge is 0.422 e. The van der Waals surface area contributed by atoms with Crippen LogP contribution in [-0.2, 0) is 6.42 Å². The summed E-state index contributed by atoms with van der Waals surface area (Å²) in [6.45, 7) is 0.216. The maximum Gasteiger partial charge on any atom is 0.422 e. The molecule has 0 aliphatic carbocycles. The van der Waals surface area contributed by atoms with Crippen LogP contribution >= 0.6 is 0 Å². The zero-order valence-corrected chi connectivity index (χ0v) is 8.91. The minimum atomic E-state index is -4.48. The summed E-state index contributed by atoms with van der Waals surface area (Å²) in [5.74, 6) is -1.57. The summed E-state index contributed by atoms with van der Waals surface area (Å²) in [5, 5.41) is 8.75. The third kappa shape index (κ3) is 4.29. The van der Waals surface area contributed by atoms with Crippen molar-refractivity contribution >= 4 is 5.97 Å². The molecular weight excluding hydrogens is 239 g/mol. The largest absolute Gasteiger partial charge is 0.478 e. The van der Waals surface area contributed by atoms with Crippen LogP contribution in [0.25, 0.3) is 0 Å². The summed E-state index contributed by atoms with van der Waals surface area (Å²) in [4.78, 5) is 14.5. The van der Waals surface area contributed by atoms with Gasteiger partial charge in [0.2, 0.25) is 5.88 Å². The second kappa shape index (κ2) is 5.03. The number of carbonyl (C=O) groups is 1. The first-order chi connectivity index (χ1) is 7.81. The second-order valence-corrected chi connectivity index (χ2v) is 3.25. The molecule has 94 valence electrons. The second-order valence-electron chi connectivity index (χ2n) is 3.25. The topological polar surface area (TPSA) is 59.4 Å². The van der Waals surface area contributed by atoms with Crippen LogP contribution < -0.4 is 4.74 Å². The Bertz CT molecular complexity index is 418. The number of rotatable bonds is 4. The number of carboxylic acid groups (broad SMARTS) is 1. The molecule has 1 rings (SSSR count). The number of ether oxygens (including phenoxy) is 1. The molecule has 0 radical (unpaired) electrons. The quantitative estimate of drug-likeness (QED) is 0.889. The number of hydrogen-bond acceptors (Lipinski definition) is 3. The minimum Gasteiger partial charge on any atom is -0.478 e. The van der Waals surface area contributed by atoms with Gasteiger partial charge in [0.15, 0.2) is 6.61 Å². The Morgan fingerprint density at radius 3 is 2.59 bits per heavy atom. The van der Waals surface area contributed by atoms with E-state index in [1.54, 1.807) is 6.92 Å². The lowest BCUT2D eigenvalue weighted by Gasteiger charge is -2.09. The van der Waals surface area contributed by atoms with E-state index in [0.717, 1.165) is 6.07 Å². The molecular formula is C10H10F3NO3. The summed E-state index contributed by atoms with van der Waals surface area (Å²) in [6.07, 6.45) is -4.07. The highest BCUT2D eigenvalue weighted by Crippen LogP contribution is 2.19. The maximum atomic E-state index is 11.9. The Morgan fingerprint density at radius 2 is 2.12 bits per heavy atom. The van der Waals surface area contributed by atoms with E-state index in [9.17, 15) is 18.0 Å². The molecule has 1 aromatic rings. The van der Waals surface area contributed by atoms with Crippen molar-refractivity contribution in [1.82, 2.24) is 4.98 Å². The predicted molar refractivity (Wildman–Crippen MR) is 52.1 cm³/mol. The van der Waals surface area contributed by atoms with E-state index in [0.29, 0.717) is 12.1 Å². The summed E-state index contributed by atoms with van der Waals surface area (Å²) in [5.41, 5.74) is 0.219. The highest BCUT2D eigenvalue weighted by atomic mass is 19.4. The number of aryl methyl sites for hydroxylation is 1. The molecule has 7 heteroatoms. The molecule has 1 heterocycles. The number of halogens is 3. The number of hydrogen-bond donors (Lipinski definition) is 1. The summed E-state index contributed by atoms with van der Waals surface area (Å²) in [7, 11) is 0. The molecule has 4 nitrogen and oxygen atoms in total. The van der Waals surface area contributed by atoms with Gasteiger partial charge in [-0.1, -0.05) is 6.92 Å². The van der Waals surface area contributed by atoms with E-state index in [1.165, 1.54) is 6.07 Å². The molecule has 0 spiro atoms. The average Bonchev–Trinajstić information content (AvgIpc) is 2.25. The van der Waals surface area contributed by atoms with E-state index < -0.39 is 18.8 Å². The van der Waals surface area contributed by atoms with Gasteiger partial charge in [-0.15, -0.1) is 0 Å². The zero-order valence-electron chi connectivity index (χ0n) is 8.91. The van der Waals surface area contributed by atoms with Gasteiger partial charge in [0.05, 0.1) is 5.56 Å². The van der Waals surface area contributed by atoms with Crippen molar-refractivity contribution in [1.29, 1.82) is 0 Å². The normalized spacial score (nSPS) is 11.3. The van der Waals surface area contributed by atoms with Crippen LogP contribution in [0.1, 0.15) is 23.0 Å². The Balaban J connectivity index is 2.91. The molecule has 1 aromatic heterocycles. The first kappa shape index (κ1) is 13.3. The maximum absolute atomic E-state index is 11.9. The average molecular weight is 249 g/mol. The molecule has 0 aromatic carbocycles. The fourth-order valence-corrected chi connectivity index (χ4v) is 1.09. The number of aromatic nitrogens is 1. The van der Waals surface area contributed by atoms with Gasteiger partial charge in [-0.3, -0.25) is 0 Å². The lowest BCUT2D eigenvalue weighted by molar-refractivity contribution is -0.154. The number of alkyl halides is 3. The van der Waals surface area contributed by atoms with Crippen LogP contribution in [0.15, 0.2) is 12.1 Å². The van der Waals surface area contributed by atoms with Crippen LogP contribution in [0.4, 0.5) is 13.2 Å². The molecule has 1 N–H and O–H groups in total. The fraction of sp³-hybridized carbons (Fsp3) is 0.400. The molecule has 0 amide bonds. The van der Waals surface area contributed by atoms with Gasteiger partial charge in [0, 0.05) is 11.8 Å². The van der Waals surface area contributed by atoms with Crippen LogP contribution in [0, 0.1) is 0 Å². The van der Waals surface area contributed by atoms with Crippen molar-refractivity contribution in [2.75, 3.05) is 6.61 Å². The molecule has 0 fully saturated rings. The predicted octanol–water partition coefficient (Wildman–Crippen LogP) is 2.28. The summed E-state index contributed by atoms with van der Waals surface area (Å²) in [6, 6.07) is 2.26. The Morgan fingerprint density at radius 1 is 1.47 bits per heavy atom. The SMILES string of the molecule is CCc1cc(C(=O)O)cc(OCC(F)(F)F)n1. The van der Waals surface area contributed by atoms with E-state index >= 15 is 0 Å². The van der Waals surface area contributed by atoms with Gasteiger partial charge in [0.25, 0.3) is 0 Å². The van der Waals surface area contributed by atoms with Gasteiger partial charge in [0.1, 0.15) is 0 Å². The van der Waals surface area contributed by atoms with Crippen molar-refractivity contribution in [3.63, 3.8) is 0 Å². The van der Waals surface area contributed by atoms with E-state index in [4.69, 9.17) is 5.11 Å². The van der Waals surface area contributed by atoms with Crippen molar-refractivity contribution in [2.45, 2.75) is 19.5 Å². The lowest BCUT2D eigenvalue weighted by atomic mass is 10.2. The fourth-order valence-electron chi connectivity index (χ4n) is 1.09. The third-order valence-corrected chi connectivity index (χ3v) is 1.85. The van der Waals surface area contributed by atoms with E-state index in [2.05, 4.69) is 9.72 Å². The van der Waals surface area contributed by atoms with Crippen molar-refractivity contribution in [2.24, 2.45) is 0 Å². The number of pyridine rings is 1. The number of nitrogens with zero attached hydrogens (tertiary/aromatic N) is 1. The van der Waals surface area contributed by atoms with Crippen molar-refractivity contribution < 1.29 is 27.8 Å². The first-order valence-corrected chi connectivity index (χ1v) is 4.75. The molecule has 17 heavy (non-hydrogen) atoms. The monoisotopic (exact) mass is 249 g/mol. The van der Waals surface area contributed by atoms with Crippen LogP contribution in [0.2, 0.25) is 0 Å². The van der Waals surface area contributed by atoms with Crippen molar-refractivity contribution in [3.8, 4) is 5.88 Å². The molecule has 0 unspecified atom stereocenters. The molecule has 0 bridgehead atoms. The van der Waals surface area contributed by atoms with Crippen LogP contribution in [-0.4, -0.2) is 28.8 Å². The minimum absolute atomic E-state index is 0.144. The van der Waals surface area contributed by atoms with Gasteiger partial charge < -0.3 is 9.84 Å². The van der Waals surface area contributed by atoms with Gasteiger partial charge in [-0.05, 0) is 12.5 Å². The van der Waals surface area contributed by atoms with Crippen molar-refractivity contribution in [3.05, 3.63) is 23.4 Å². The van der Waals surface area contributed by atoms with Crippen LogP contribution in [0.3, 0.4) is 0 Å². The Hall–Kier alpha value is -1.79. The zero-order chi connectivity index (χ0) is 13.1. The molecule has 0 saturated heterocycles. The van der Waals surface area contributed by atoms with Gasteiger partial charge in [-0.25, -0.2) is 9.78 Å². The van der Waals surface area contributed by atoms with Gasteiger partial charge >= 0.3 is 12.1 Å². The highest BCUT2D eigenvalue weighted by molar-refractivity contribution is 5.88. The Kier molecular flexibility index (Phi) is 3.93. The molecule has 0 aliphatic heterocycles. The summed E-state index contributed by atoms with van der Waals surface area (Å²) < 4.78 is 40.1. The third-order valence-electron chi connectivity index (χ3n) is 1.85. The standard InChI is InChI=1S/C10H10F3NO3/c1-2-7-3-6(9(15)16)4-8(14-7)17-5-10(11,12)13/h3-4H,2,5H2,1H3,(H,15,16). The van der Waals surface area contributed by atoms with Crippen LogP contribution in [0.5, 0.6) is 5.88 Å². The highest BCUT2D eigenvalue weighted by Gasteiger charge is 2.28. The molecule has 0 saturated carbocycles. The molecule has 0 atom stereocenters. The lowest BCUT2D eigenvalue weighted by Crippen LogP contribution is -2.20.